The quantitative estimate of drug-likeness (QED) is 0.615. The molecule has 1 aliphatic rings. The summed E-state index contributed by atoms with van der Waals surface area (Å²) in [6.45, 7) is 6.35. The summed E-state index contributed by atoms with van der Waals surface area (Å²) in [5, 5.41) is 14.2. The maximum absolute atomic E-state index is 14.9. The highest BCUT2D eigenvalue weighted by molar-refractivity contribution is 6.30. The van der Waals surface area contributed by atoms with Crippen LogP contribution in [0.3, 0.4) is 0 Å². The number of carbonyl (C=O) groups is 2. The minimum Gasteiger partial charge on any atom is -0.453 e. The van der Waals surface area contributed by atoms with E-state index in [4.69, 9.17) is 16.3 Å². The van der Waals surface area contributed by atoms with Crippen LogP contribution in [-0.4, -0.2) is 54.5 Å². The summed E-state index contributed by atoms with van der Waals surface area (Å²) in [5.41, 5.74) is -2.12. The largest absolute Gasteiger partial charge is 0.453 e. The molecule has 31 heavy (non-hydrogen) atoms. The zero-order chi connectivity index (χ0) is 23.2. The van der Waals surface area contributed by atoms with Gasteiger partial charge in [0.25, 0.3) is 0 Å². The van der Waals surface area contributed by atoms with Crippen LogP contribution in [-0.2, 0) is 15.1 Å². The lowest BCUT2D eigenvalue weighted by Crippen LogP contribution is -2.49. The molecule has 174 valence electrons. The van der Waals surface area contributed by atoms with Gasteiger partial charge in [0.2, 0.25) is 0 Å². The van der Waals surface area contributed by atoms with Gasteiger partial charge in [0.05, 0.1) is 17.7 Å². The molecule has 1 aliphatic heterocycles. The van der Waals surface area contributed by atoms with E-state index in [1.165, 1.54) is 19.2 Å². The van der Waals surface area contributed by atoms with Gasteiger partial charge in [-0.3, -0.25) is 0 Å². The van der Waals surface area contributed by atoms with Gasteiger partial charge in [-0.1, -0.05) is 23.7 Å². The number of rotatable bonds is 6. The number of carbonyl (C=O) groups excluding carboxylic acids is 2. The molecule has 0 radical (unpaired) electrons. The summed E-state index contributed by atoms with van der Waals surface area (Å²) in [5.74, 6) is -1.11. The fourth-order valence-electron chi connectivity index (χ4n) is 3.88. The summed E-state index contributed by atoms with van der Waals surface area (Å²) in [6, 6.07) is 4.53. The highest BCUT2D eigenvalue weighted by atomic mass is 35.5. The van der Waals surface area contributed by atoms with E-state index < -0.39 is 35.1 Å². The van der Waals surface area contributed by atoms with Crippen molar-refractivity contribution in [1.29, 1.82) is 0 Å². The number of methoxy groups -OCH3 is 1. The Labute approximate surface area is 187 Å². The lowest BCUT2D eigenvalue weighted by atomic mass is 9.74. The fraction of sp³-hybridized carbons (Fsp3) is 0.636. The van der Waals surface area contributed by atoms with Gasteiger partial charge >= 0.3 is 12.2 Å². The van der Waals surface area contributed by atoms with Crippen LogP contribution in [0.15, 0.2) is 18.2 Å². The Morgan fingerprint density at radius 3 is 2.71 bits per heavy atom. The third-order valence-corrected chi connectivity index (χ3v) is 5.65. The minimum absolute atomic E-state index is 0.0802. The molecular formula is C22H32ClFN2O5. The summed E-state index contributed by atoms with van der Waals surface area (Å²) >= 11 is 5.99. The van der Waals surface area contributed by atoms with Crippen molar-refractivity contribution in [2.24, 2.45) is 5.92 Å². The number of piperidine rings is 1. The first-order valence-electron chi connectivity index (χ1n) is 10.4. The molecule has 2 amide bonds. The van der Waals surface area contributed by atoms with Crippen LogP contribution >= 0.6 is 11.6 Å². The number of ether oxygens (including phenoxy) is 2. The van der Waals surface area contributed by atoms with Gasteiger partial charge in [-0.2, -0.15) is 0 Å². The van der Waals surface area contributed by atoms with Crippen LogP contribution in [0.5, 0.6) is 0 Å². The number of hydrogen-bond acceptors (Lipinski definition) is 5. The Kier molecular flexibility index (Phi) is 8.54. The average molecular weight is 459 g/mol. The van der Waals surface area contributed by atoms with E-state index in [9.17, 15) is 19.1 Å². The third-order valence-electron chi connectivity index (χ3n) is 5.36. The van der Waals surface area contributed by atoms with Crippen molar-refractivity contribution < 1.29 is 28.6 Å². The molecule has 1 saturated heterocycles. The molecule has 0 aromatic heterocycles. The standard InChI is InChI=1S/C22H32ClFN2O5/c1-21(2,3)31-20(28)26-13-6-8-15(14-26)22(29,11-7-12-25-19(27)30-4)16-9-5-10-17(23)18(16)24/h5,9-10,15,29H,6-8,11-14H2,1-4H3,(H,25,27)/t15?,22-/m0/s1. The SMILES string of the molecule is COC(=O)NCCC[C@@](O)(c1cccc(Cl)c1F)C1CCCN(C(=O)OC(C)(C)C)C1. The monoisotopic (exact) mass is 458 g/mol. The number of hydrogen-bond donors (Lipinski definition) is 2. The van der Waals surface area contributed by atoms with Crippen LogP contribution < -0.4 is 5.32 Å². The van der Waals surface area contributed by atoms with Gasteiger partial charge in [0.1, 0.15) is 11.4 Å². The molecular weight excluding hydrogens is 427 g/mol. The van der Waals surface area contributed by atoms with Gasteiger partial charge in [-0.25, -0.2) is 14.0 Å². The van der Waals surface area contributed by atoms with Crippen molar-refractivity contribution in [3.8, 4) is 0 Å². The molecule has 0 spiro atoms. The molecule has 2 rings (SSSR count). The number of alkyl carbamates (subject to hydrolysis) is 1. The van der Waals surface area contributed by atoms with E-state index in [-0.39, 0.29) is 30.1 Å². The maximum Gasteiger partial charge on any atom is 0.410 e. The number of amides is 2. The van der Waals surface area contributed by atoms with Crippen LogP contribution in [0.25, 0.3) is 0 Å². The molecule has 7 nitrogen and oxygen atoms in total. The molecule has 1 unspecified atom stereocenters. The second kappa shape index (κ2) is 10.5. The second-order valence-corrected chi connectivity index (χ2v) is 9.22. The average Bonchev–Trinajstić information content (AvgIpc) is 2.71. The zero-order valence-corrected chi connectivity index (χ0v) is 19.3. The third kappa shape index (κ3) is 6.71. The topological polar surface area (TPSA) is 88.1 Å². The molecule has 2 N–H and O–H groups in total. The summed E-state index contributed by atoms with van der Waals surface area (Å²) < 4.78 is 25.0. The molecule has 2 atom stereocenters. The fourth-order valence-corrected chi connectivity index (χ4v) is 4.05. The number of aliphatic hydroxyl groups is 1. The predicted molar refractivity (Wildman–Crippen MR) is 115 cm³/mol. The van der Waals surface area contributed by atoms with Crippen LogP contribution in [0.1, 0.15) is 52.0 Å². The number of nitrogens with zero attached hydrogens (tertiary/aromatic N) is 1. The van der Waals surface area contributed by atoms with E-state index in [0.717, 1.165) is 0 Å². The Morgan fingerprint density at radius 2 is 2.06 bits per heavy atom. The van der Waals surface area contributed by atoms with E-state index in [0.29, 0.717) is 25.8 Å². The van der Waals surface area contributed by atoms with Crippen molar-refractivity contribution in [2.45, 2.75) is 57.7 Å². The molecule has 1 aromatic carbocycles. The first-order chi connectivity index (χ1) is 14.5. The smallest absolute Gasteiger partial charge is 0.410 e. The Hall–Kier alpha value is -2.06. The normalized spacial score (nSPS) is 18.8. The van der Waals surface area contributed by atoms with Gasteiger partial charge in [-0.15, -0.1) is 0 Å². The van der Waals surface area contributed by atoms with Gasteiger partial charge < -0.3 is 24.8 Å². The molecule has 1 heterocycles. The number of benzene rings is 1. The predicted octanol–water partition coefficient (Wildman–Crippen LogP) is 4.45. The van der Waals surface area contributed by atoms with Crippen molar-refractivity contribution in [3.05, 3.63) is 34.6 Å². The Balaban J connectivity index is 2.25. The van der Waals surface area contributed by atoms with Crippen LogP contribution in [0.2, 0.25) is 5.02 Å². The lowest BCUT2D eigenvalue weighted by Gasteiger charge is -2.43. The zero-order valence-electron chi connectivity index (χ0n) is 18.5. The summed E-state index contributed by atoms with van der Waals surface area (Å²) in [6.07, 6.45) is 0.757. The van der Waals surface area contributed by atoms with E-state index in [1.54, 1.807) is 31.7 Å². The Bertz CT molecular complexity index is 786. The van der Waals surface area contributed by atoms with Crippen molar-refractivity contribution in [2.75, 3.05) is 26.7 Å². The van der Waals surface area contributed by atoms with Crippen LogP contribution in [0.4, 0.5) is 14.0 Å². The van der Waals surface area contributed by atoms with Gasteiger partial charge in [0, 0.05) is 31.1 Å². The number of likely N-dealkylation sites (tertiary alicyclic amines) is 1. The Morgan fingerprint density at radius 1 is 1.35 bits per heavy atom. The molecule has 1 fully saturated rings. The molecule has 9 heteroatoms. The van der Waals surface area contributed by atoms with Crippen LogP contribution in [0, 0.1) is 11.7 Å². The minimum atomic E-state index is -1.58. The highest BCUT2D eigenvalue weighted by Gasteiger charge is 2.43. The summed E-state index contributed by atoms with van der Waals surface area (Å²) in [7, 11) is 1.26. The molecule has 0 bridgehead atoms. The van der Waals surface area contributed by atoms with Crippen molar-refractivity contribution in [1.82, 2.24) is 10.2 Å². The van der Waals surface area contributed by atoms with Crippen molar-refractivity contribution in [3.63, 3.8) is 0 Å². The summed E-state index contributed by atoms with van der Waals surface area (Å²) in [4.78, 5) is 25.4. The first-order valence-corrected chi connectivity index (χ1v) is 10.8. The maximum atomic E-state index is 14.9. The lowest BCUT2D eigenvalue weighted by molar-refractivity contribution is -0.0653. The number of halogens is 2. The number of nitrogens with one attached hydrogen (secondary N) is 1. The van der Waals surface area contributed by atoms with Gasteiger partial charge in [-0.05, 0) is 52.5 Å². The molecule has 0 aliphatic carbocycles. The molecule has 0 saturated carbocycles. The van der Waals surface area contributed by atoms with Crippen molar-refractivity contribution >= 4 is 23.8 Å². The van der Waals surface area contributed by atoms with E-state index in [1.807, 2.05) is 0 Å². The van der Waals surface area contributed by atoms with E-state index >= 15 is 0 Å². The molecule has 1 aromatic rings. The highest BCUT2D eigenvalue weighted by Crippen LogP contribution is 2.41. The first kappa shape index (κ1) is 25.2. The van der Waals surface area contributed by atoms with E-state index in [2.05, 4.69) is 10.1 Å². The van der Waals surface area contributed by atoms with Gasteiger partial charge in [0.15, 0.2) is 0 Å². The second-order valence-electron chi connectivity index (χ2n) is 8.81.